The van der Waals surface area contributed by atoms with Gasteiger partial charge in [-0.25, -0.2) is 0 Å². The maximum atomic E-state index is 12.4. The van der Waals surface area contributed by atoms with Crippen molar-refractivity contribution in [3.63, 3.8) is 0 Å². The molecule has 2 heterocycles. The van der Waals surface area contributed by atoms with Crippen LogP contribution in [0.25, 0.3) is 0 Å². The molecule has 21 heavy (non-hydrogen) atoms. The fraction of sp³-hybridized carbons (Fsp3) is 0.800. The first-order valence-corrected chi connectivity index (χ1v) is 8.06. The molecule has 1 saturated heterocycles. The van der Waals surface area contributed by atoms with Crippen molar-refractivity contribution in [3.8, 4) is 0 Å². The van der Waals surface area contributed by atoms with Crippen molar-refractivity contribution in [3.05, 3.63) is 0 Å². The standard InChI is InChI=1S/C15H24N4O2/c1-2-4-11(19-9-7-16-8-10-19)12-17-13(20)15(5-3-6-15)14(21)18-12/h11,16H,2-10H2,1H3,(H,17,18,20,21). The van der Waals surface area contributed by atoms with Crippen molar-refractivity contribution in [2.24, 2.45) is 10.4 Å². The number of amides is 2. The Bertz CT molecular complexity index is 464. The summed E-state index contributed by atoms with van der Waals surface area (Å²) in [4.78, 5) is 31.3. The number of hydrogen-bond acceptors (Lipinski definition) is 4. The molecule has 1 saturated carbocycles. The largest absolute Gasteiger partial charge is 0.314 e. The van der Waals surface area contributed by atoms with Crippen LogP contribution in [0.3, 0.4) is 0 Å². The van der Waals surface area contributed by atoms with Crippen LogP contribution in [0.1, 0.15) is 39.0 Å². The second-order valence-corrected chi connectivity index (χ2v) is 6.28. The normalized spacial score (nSPS) is 27.0. The van der Waals surface area contributed by atoms with Crippen molar-refractivity contribution in [2.45, 2.75) is 45.1 Å². The van der Waals surface area contributed by atoms with Crippen molar-refractivity contribution in [2.75, 3.05) is 26.2 Å². The van der Waals surface area contributed by atoms with E-state index in [-0.39, 0.29) is 17.9 Å². The van der Waals surface area contributed by atoms with Crippen LogP contribution in [0, 0.1) is 5.41 Å². The van der Waals surface area contributed by atoms with Gasteiger partial charge in [-0.3, -0.25) is 14.5 Å². The average molecular weight is 292 g/mol. The molecular weight excluding hydrogens is 268 g/mol. The number of carbonyl (C=O) groups excluding carboxylic acids is 2. The zero-order chi connectivity index (χ0) is 14.9. The first-order valence-electron chi connectivity index (χ1n) is 8.06. The van der Waals surface area contributed by atoms with E-state index in [1.165, 1.54) is 0 Å². The Morgan fingerprint density at radius 2 is 2.00 bits per heavy atom. The van der Waals surface area contributed by atoms with Gasteiger partial charge in [0.2, 0.25) is 5.91 Å². The van der Waals surface area contributed by atoms with Gasteiger partial charge in [-0.15, -0.1) is 0 Å². The highest BCUT2D eigenvalue weighted by Gasteiger charge is 2.53. The van der Waals surface area contributed by atoms with Crippen molar-refractivity contribution < 1.29 is 9.59 Å². The van der Waals surface area contributed by atoms with Crippen molar-refractivity contribution in [1.29, 1.82) is 0 Å². The van der Waals surface area contributed by atoms with Crippen LogP contribution < -0.4 is 10.6 Å². The smallest absolute Gasteiger partial charge is 0.263 e. The van der Waals surface area contributed by atoms with Gasteiger partial charge in [0.05, 0.1) is 6.04 Å². The van der Waals surface area contributed by atoms with Crippen LogP contribution in [-0.4, -0.2) is 54.8 Å². The first-order chi connectivity index (χ1) is 10.2. The van der Waals surface area contributed by atoms with Crippen LogP contribution >= 0.6 is 0 Å². The van der Waals surface area contributed by atoms with E-state index in [9.17, 15) is 9.59 Å². The van der Waals surface area contributed by atoms with Gasteiger partial charge in [0, 0.05) is 26.2 Å². The monoisotopic (exact) mass is 292 g/mol. The third kappa shape index (κ3) is 2.51. The molecule has 2 N–H and O–H groups in total. The molecule has 6 nitrogen and oxygen atoms in total. The zero-order valence-corrected chi connectivity index (χ0v) is 12.7. The van der Waals surface area contributed by atoms with E-state index in [0.29, 0.717) is 18.7 Å². The lowest BCUT2D eigenvalue weighted by Gasteiger charge is -2.42. The second kappa shape index (κ2) is 5.85. The van der Waals surface area contributed by atoms with E-state index in [4.69, 9.17) is 0 Å². The van der Waals surface area contributed by atoms with E-state index in [1.807, 2.05) is 0 Å². The number of carbonyl (C=O) groups is 2. The summed E-state index contributed by atoms with van der Waals surface area (Å²) in [5.41, 5.74) is -0.830. The third-order valence-electron chi connectivity index (χ3n) is 4.98. The number of piperazine rings is 1. The summed E-state index contributed by atoms with van der Waals surface area (Å²) >= 11 is 0. The molecule has 0 aromatic carbocycles. The fourth-order valence-electron chi connectivity index (χ4n) is 3.47. The highest BCUT2D eigenvalue weighted by Crippen LogP contribution is 2.43. The molecule has 1 aliphatic carbocycles. The zero-order valence-electron chi connectivity index (χ0n) is 12.7. The fourth-order valence-corrected chi connectivity index (χ4v) is 3.47. The lowest BCUT2D eigenvalue weighted by atomic mass is 9.67. The molecule has 1 spiro atoms. The molecule has 0 radical (unpaired) electrons. The predicted molar refractivity (Wildman–Crippen MR) is 80.0 cm³/mol. The highest BCUT2D eigenvalue weighted by molar-refractivity contribution is 6.20. The summed E-state index contributed by atoms with van der Waals surface area (Å²) < 4.78 is 0. The Morgan fingerprint density at radius 1 is 1.29 bits per heavy atom. The van der Waals surface area contributed by atoms with Gasteiger partial charge in [0.1, 0.15) is 11.3 Å². The van der Waals surface area contributed by atoms with Crippen LogP contribution in [0.15, 0.2) is 4.99 Å². The van der Waals surface area contributed by atoms with Crippen LogP contribution in [0.4, 0.5) is 0 Å². The summed E-state index contributed by atoms with van der Waals surface area (Å²) in [7, 11) is 0. The van der Waals surface area contributed by atoms with Crippen molar-refractivity contribution >= 4 is 17.6 Å². The van der Waals surface area contributed by atoms with E-state index in [1.54, 1.807) is 0 Å². The number of nitrogens with zero attached hydrogens (tertiary/aromatic N) is 2. The number of rotatable bonds is 4. The quantitative estimate of drug-likeness (QED) is 0.730. The van der Waals surface area contributed by atoms with Gasteiger partial charge in [0.25, 0.3) is 5.91 Å². The molecule has 2 amide bonds. The van der Waals surface area contributed by atoms with Crippen LogP contribution in [0.2, 0.25) is 0 Å². The summed E-state index contributed by atoms with van der Waals surface area (Å²) in [6, 6.07) is 0.0578. The van der Waals surface area contributed by atoms with E-state index in [2.05, 4.69) is 27.4 Å². The molecular formula is C15H24N4O2. The SMILES string of the molecule is CCCC(C1=NC(=O)C2(CCC2)C(=O)N1)N1CCNCC1. The number of hydrogen-bond donors (Lipinski definition) is 2. The molecule has 1 unspecified atom stereocenters. The highest BCUT2D eigenvalue weighted by atomic mass is 16.2. The van der Waals surface area contributed by atoms with Gasteiger partial charge in [-0.1, -0.05) is 19.8 Å². The number of nitrogens with one attached hydrogen (secondary N) is 2. The minimum Gasteiger partial charge on any atom is -0.314 e. The summed E-state index contributed by atoms with van der Waals surface area (Å²) in [5.74, 6) is 0.231. The van der Waals surface area contributed by atoms with Crippen LogP contribution in [0.5, 0.6) is 0 Å². The molecule has 3 rings (SSSR count). The molecule has 0 aromatic heterocycles. The lowest BCUT2D eigenvalue weighted by molar-refractivity contribution is -0.147. The van der Waals surface area contributed by atoms with Gasteiger partial charge in [0.15, 0.2) is 0 Å². The molecule has 3 aliphatic rings. The number of amidine groups is 1. The minimum absolute atomic E-state index is 0.0578. The Kier molecular flexibility index (Phi) is 4.08. The van der Waals surface area contributed by atoms with Gasteiger partial charge in [-0.05, 0) is 19.3 Å². The summed E-state index contributed by atoms with van der Waals surface area (Å²) in [6.45, 7) is 5.87. The Morgan fingerprint density at radius 3 is 2.52 bits per heavy atom. The lowest BCUT2D eigenvalue weighted by Crippen LogP contribution is -2.61. The van der Waals surface area contributed by atoms with Gasteiger partial charge < -0.3 is 10.6 Å². The summed E-state index contributed by atoms with van der Waals surface area (Å²) in [6.07, 6.45) is 4.17. The van der Waals surface area contributed by atoms with E-state index >= 15 is 0 Å². The Balaban J connectivity index is 1.80. The maximum Gasteiger partial charge on any atom is 0.263 e. The summed E-state index contributed by atoms with van der Waals surface area (Å²) in [5, 5.41) is 6.28. The molecule has 2 aliphatic heterocycles. The predicted octanol–water partition coefficient (Wildman–Crippen LogP) is 0.286. The topological polar surface area (TPSA) is 73.8 Å². The second-order valence-electron chi connectivity index (χ2n) is 6.28. The third-order valence-corrected chi connectivity index (χ3v) is 4.98. The average Bonchev–Trinajstić information content (AvgIpc) is 2.43. The van der Waals surface area contributed by atoms with Crippen LogP contribution in [-0.2, 0) is 9.59 Å². The molecule has 0 bridgehead atoms. The Labute approximate surface area is 125 Å². The Hall–Kier alpha value is -1.27. The molecule has 1 atom stereocenters. The van der Waals surface area contributed by atoms with Gasteiger partial charge in [-0.2, -0.15) is 4.99 Å². The first kappa shape index (κ1) is 14.7. The van der Waals surface area contributed by atoms with Crippen molar-refractivity contribution in [1.82, 2.24) is 15.5 Å². The maximum absolute atomic E-state index is 12.4. The van der Waals surface area contributed by atoms with Gasteiger partial charge >= 0.3 is 0 Å². The molecule has 6 heteroatoms. The molecule has 0 aromatic rings. The van der Waals surface area contributed by atoms with E-state index in [0.717, 1.165) is 45.4 Å². The molecule has 2 fully saturated rings. The number of aliphatic imine (C=N–C) groups is 1. The minimum atomic E-state index is -0.830. The van der Waals surface area contributed by atoms with E-state index < -0.39 is 5.41 Å². The molecule has 116 valence electrons.